The van der Waals surface area contributed by atoms with Crippen molar-refractivity contribution in [1.82, 2.24) is 0 Å². The molecule has 0 aliphatic carbocycles. The van der Waals surface area contributed by atoms with Gasteiger partial charge in [0, 0.05) is 24.9 Å². The molecular formula is C11H17NO2. The van der Waals surface area contributed by atoms with Gasteiger partial charge in [-0.25, -0.2) is 0 Å². The summed E-state index contributed by atoms with van der Waals surface area (Å²) in [7, 11) is 1.65. The molecule has 78 valence electrons. The number of aliphatic hydroxyl groups excluding tert-OH is 1. The van der Waals surface area contributed by atoms with Gasteiger partial charge in [0.25, 0.3) is 0 Å². The average molecular weight is 195 g/mol. The molecule has 0 aliphatic heterocycles. The Labute approximate surface area is 84.7 Å². The topological polar surface area (TPSA) is 41.5 Å². The summed E-state index contributed by atoms with van der Waals surface area (Å²) >= 11 is 0. The molecule has 0 aliphatic rings. The highest BCUT2D eigenvalue weighted by Gasteiger charge is 1.99. The first-order valence-electron chi connectivity index (χ1n) is 4.75. The third-order valence-electron chi connectivity index (χ3n) is 2.04. The van der Waals surface area contributed by atoms with Crippen molar-refractivity contribution in [3.63, 3.8) is 0 Å². The van der Waals surface area contributed by atoms with E-state index in [0.717, 1.165) is 18.0 Å². The van der Waals surface area contributed by atoms with Crippen LogP contribution in [-0.2, 0) is 0 Å². The van der Waals surface area contributed by atoms with E-state index in [9.17, 15) is 0 Å². The van der Waals surface area contributed by atoms with Crippen molar-refractivity contribution in [2.24, 2.45) is 5.92 Å². The molecule has 14 heavy (non-hydrogen) atoms. The van der Waals surface area contributed by atoms with Crippen molar-refractivity contribution in [3.8, 4) is 5.75 Å². The summed E-state index contributed by atoms with van der Waals surface area (Å²) in [6, 6.07) is 7.75. The Morgan fingerprint density at radius 3 is 2.93 bits per heavy atom. The molecule has 3 heteroatoms. The predicted octanol–water partition coefficient (Wildman–Crippen LogP) is 1.74. The molecular weight excluding hydrogens is 178 g/mol. The third-order valence-corrected chi connectivity index (χ3v) is 2.04. The minimum atomic E-state index is 0.205. The van der Waals surface area contributed by atoms with E-state index in [1.54, 1.807) is 7.11 Å². The molecule has 1 atom stereocenters. The fraction of sp³-hybridized carbons (Fsp3) is 0.455. The van der Waals surface area contributed by atoms with Gasteiger partial charge in [-0.2, -0.15) is 0 Å². The Bertz CT molecular complexity index is 276. The first-order valence-corrected chi connectivity index (χ1v) is 4.75. The van der Waals surface area contributed by atoms with Crippen LogP contribution in [-0.4, -0.2) is 25.4 Å². The predicted molar refractivity (Wildman–Crippen MR) is 57.7 cm³/mol. The lowest BCUT2D eigenvalue weighted by atomic mass is 10.2. The van der Waals surface area contributed by atoms with Gasteiger partial charge in [0.05, 0.1) is 7.11 Å². The summed E-state index contributed by atoms with van der Waals surface area (Å²) in [5.41, 5.74) is 1.02. The quantitative estimate of drug-likeness (QED) is 0.752. The molecule has 1 aromatic rings. The Hall–Kier alpha value is -1.22. The zero-order chi connectivity index (χ0) is 10.4. The zero-order valence-corrected chi connectivity index (χ0v) is 8.66. The largest absolute Gasteiger partial charge is 0.497 e. The van der Waals surface area contributed by atoms with E-state index in [4.69, 9.17) is 9.84 Å². The Morgan fingerprint density at radius 1 is 1.50 bits per heavy atom. The van der Waals surface area contributed by atoms with Gasteiger partial charge in [0.1, 0.15) is 5.75 Å². The fourth-order valence-electron chi connectivity index (χ4n) is 1.09. The van der Waals surface area contributed by atoms with Crippen LogP contribution in [0.3, 0.4) is 0 Å². The molecule has 0 saturated carbocycles. The normalized spacial score (nSPS) is 12.2. The summed E-state index contributed by atoms with van der Waals surface area (Å²) in [6.45, 7) is 2.97. The first kappa shape index (κ1) is 10.9. The lowest BCUT2D eigenvalue weighted by Crippen LogP contribution is -2.14. The van der Waals surface area contributed by atoms with E-state index in [-0.39, 0.29) is 12.5 Å². The van der Waals surface area contributed by atoms with Crippen LogP contribution in [0.25, 0.3) is 0 Å². The van der Waals surface area contributed by atoms with Crippen LogP contribution in [0.4, 0.5) is 5.69 Å². The molecule has 3 nitrogen and oxygen atoms in total. The highest BCUT2D eigenvalue weighted by atomic mass is 16.5. The van der Waals surface area contributed by atoms with E-state index >= 15 is 0 Å². The lowest BCUT2D eigenvalue weighted by Gasteiger charge is -2.11. The SMILES string of the molecule is COc1cccc(NCC(C)CO)c1. The number of methoxy groups -OCH3 is 1. The number of aliphatic hydroxyl groups is 1. The molecule has 0 aromatic heterocycles. The molecule has 0 saturated heterocycles. The minimum Gasteiger partial charge on any atom is -0.497 e. The van der Waals surface area contributed by atoms with Crippen LogP contribution >= 0.6 is 0 Å². The molecule has 2 N–H and O–H groups in total. The third kappa shape index (κ3) is 3.26. The minimum absolute atomic E-state index is 0.205. The Morgan fingerprint density at radius 2 is 2.29 bits per heavy atom. The average Bonchev–Trinajstić information content (AvgIpc) is 2.26. The molecule has 0 bridgehead atoms. The Balaban J connectivity index is 2.50. The molecule has 1 rings (SSSR count). The maximum absolute atomic E-state index is 8.85. The van der Waals surface area contributed by atoms with Crippen molar-refractivity contribution < 1.29 is 9.84 Å². The van der Waals surface area contributed by atoms with Crippen molar-refractivity contribution in [2.75, 3.05) is 25.6 Å². The number of nitrogens with one attached hydrogen (secondary N) is 1. The summed E-state index contributed by atoms with van der Waals surface area (Å²) in [5.74, 6) is 1.10. The van der Waals surface area contributed by atoms with Crippen LogP contribution in [0.15, 0.2) is 24.3 Å². The number of anilines is 1. The first-order chi connectivity index (χ1) is 6.76. The maximum Gasteiger partial charge on any atom is 0.120 e. The highest BCUT2D eigenvalue weighted by molar-refractivity contribution is 5.48. The lowest BCUT2D eigenvalue weighted by molar-refractivity contribution is 0.244. The Kier molecular flexibility index (Phi) is 4.26. The maximum atomic E-state index is 8.85. The summed E-state index contributed by atoms with van der Waals surface area (Å²) < 4.78 is 5.10. The van der Waals surface area contributed by atoms with Crippen LogP contribution < -0.4 is 10.1 Å². The molecule has 0 fully saturated rings. The summed E-state index contributed by atoms with van der Waals surface area (Å²) in [6.07, 6.45) is 0. The van der Waals surface area contributed by atoms with Gasteiger partial charge in [-0.05, 0) is 18.1 Å². The van der Waals surface area contributed by atoms with Crippen LogP contribution in [0, 0.1) is 5.92 Å². The van der Waals surface area contributed by atoms with Gasteiger partial charge < -0.3 is 15.2 Å². The second-order valence-electron chi connectivity index (χ2n) is 3.40. The van der Waals surface area contributed by atoms with Crippen molar-refractivity contribution >= 4 is 5.69 Å². The standard InChI is InChI=1S/C11H17NO2/c1-9(8-13)7-12-10-4-3-5-11(6-10)14-2/h3-6,9,12-13H,7-8H2,1-2H3. The van der Waals surface area contributed by atoms with Gasteiger partial charge in [0.15, 0.2) is 0 Å². The van der Waals surface area contributed by atoms with Crippen molar-refractivity contribution in [3.05, 3.63) is 24.3 Å². The van der Waals surface area contributed by atoms with Crippen LogP contribution in [0.5, 0.6) is 5.75 Å². The summed E-state index contributed by atoms with van der Waals surface area (Å²) in [4.78, 5) is 0. The fourth-order valence-corrected chi connectivity index (χ4v) is 1.09. The summed E-state index contributed by atoms with van der Waals surface area (Å²) in [5, 5.41) is 12.1. The molecule has 1 aromatic carbocycles. The number of ether oxygens (including phenoxy) is 1. The van der Waals surface area contributed by atoms with Gasteiger partial charge in [0.2, 0.25) is 0 Å². The van der Waals surface area contributed by atoms with Crippen LogP contribution in [0.1, 0.15) is 6.92 Å². The molecule has 0 amide bonds. The number of benzene rings is 1. The zero-order valence-electron chi connectivity index (χ0n) is 8.66. The van der Waals surface area contributed by atoms with E-state index in [1.165, 1.54) is 0 Å². The van der Waals surface area contributed by atoms with E-state index in [0.29, 0.717) is 0 Å². The monoisotopic (exact) mass is 195 g/mol. The van der Waals surface area contributed by atoms with Crippen molar-refractivity contribution in [1.29, 1.82) is 0 Å². The highest BCUT2D eigenvalue weighted by Crippen LogP contribution is 2.16. The molecule has 0 heterocycles. The smallest absolute Gasteiger partial charge is 0.120 e. The van der Waals surface area contributed by atoms with Gasteiger partial charge in [-0.15, -0.1) is 0 Å². The molecule has 0 spiro atoms. The molecule has 0 radical (unpaired) electrons. The van der Waals surface area contributed by atoms with Gasteiger partial charge in [-0.1, -0.05) is 13.0 Å². The van der Waals surface area contributed by atoms with E-state index in [1.807, 2.05) is 31.2 Å². The van der Waals surface area contributed by atoms with E-state index in [2.05, 4.69) is 5.32 Å². The molecule has 1 unspecified atom stereocenters. The van der Waals surface area contributed by atoms with Gasteiger partial charge >= 0.3 is 0 Å². The van der Waals surface area contributed by atoms with E-state index < -0.39 is 0 Å². The second-order valence-corrected chi connectivity index (χ2v) is 3.40. The second kappa shape index (κ2) is 5.50. The number of hydrogen-bond donors (Lipinski definition) is 2. The van der Waals surface area contributed by atoms with Crippen molar-refractivity contribution in [2.45, 2.75) is 6.92 Å². The number of rotatable bonds is 5. The van der Waals surface area contributed by atoms with Gasteiger partial charge in [-0.3, -0.25) is 0 Å². The van der Waals surface area contributed by atoms with Crippen LogP contribution in [0.2, 0.25) is 0 Å². The number of hydrogen-bond acceptors (Lipinski definition) is 3.